The fraction of sp³-hybridized carbons (Fsp3) is 0.300. The van der Waals surface area contributed by atoms with Gasteiger partial charge in [0.1, 0.15) is 0 Å². The zero-order valence-electron chi connectivity index (χ0n) is 14.9. The van der Waals surface area contributed by atoms with E-state index < -0.39 is 0 Å². The second kappa shape index (κ2) is 8.01. The van der Waals surface area contributed by atoms with Crippen LogP contribution < -0.4 is 11.1 Å². The molecule has 1 saturated heterocycles. The summed E-state index contributed by atoms with van der Waals surface area (Å²) in [6.45, 7) is 3.21. The first-order valence-corrected chi connectivity index (χ1v) is 8.73. The van der Waals surface area contributed by atoms with E-state index in [0.29, 0.717) is 16.9 Å². The van der Waals surface area contributed by atoms with Crippen molar-refractivity contribution in [2.45, 2.75) is 6.42 Å². The largest absolute Gasteiger partial charge is 0.399 e. The molecule has 0 aliphatic carbocycles. The van der Waals surface area contributed by atoms with Gasteiger partial charge in [-0.2, -0.15) is 0 Å². The van der Waals surface area contributed by atoms with Crippen molar-refractivity contribution in [1.82, 2.24) is 9.80 Å². The molecule has 136 valence electrons. The average Bonchev–Trinajstić information content (AvgIpc) is 2.64. The summed E-state index contributed by atoms with van der Waals surface area (Å²) in [4.78, 5) is 29.0. The van der Waals surface area contributed by atoms with Crippen molar-refractivity contribution in [3.8, 4) is 0 Å². The monoisotopic (exact) mass is 352 g/mol. The molecule has 1 aliphatic rings. The van der Waals surface area contributed by atoms with Crippen molar-refractivity contribution in [3.05, 3.63) is 59.7 Å². The lowest BCUT2D eigenvalue weighted by Gasteiger charge is -2.32. The number of nitrogens with two attached hydrogens (primary N) is 1. The summed E-state index contributed by atoms with van der Waals surface area (Å²) >= 11 is 0. The quantitative estimate of drug-likeness (QED) is 0.823. The van der Waals surface area contributed by atoms with Gasteiger partial charge in [0, 0.05) is 43.1 Å². The first kappa shape index (κ1) is 17.9. The van der Waals surface area contributed by atoms with Crippen molar-refractivity contribution < 1.29 is 9.59 Å². The van der Waals surface area contributed by atoms with E-state index in [1.807, 2.05) is 17.0 Å². The van der Waals surface area contributed by atoms with Crippen LogP contribution in [-0.2, 0) is 11.2 Å². The molecule has 1 fully saturated rings. The molecule has 2 aromatic rings. The Bertz CT molecular complexity index is 781. The molecule has 0 atom stereocenters. The zero-order chi connectivity index (χ0) is 18.5. The van der Waals surface area contributed by atoms with E-state index in [9.17, 15) is 9.59 Å². The minimum Gasteiger partial charge on any atom is -0.399 e. The molecule has 26 heavy (non-hydrogen) atoms. The van der Waals surface area contributed by atoms with Crippen LogP contribution in [0.2, 0.25) is 0 Å². The molecule has 3 rings (SSSR count). The van der Waals surface area contributed by atoms with Gasteiger partial charge in [0.25, 0.3) is 5.91 Å². The normalized spacial score (nSPS) is 14.9. The molecule has 0 radical (unpaired) electrons. The molecule has 0 unspecified atom stereocenters. The minimum absolute atomic E-state index is 0.00716. The fourth-order valence-corrected chi connectivity index (χ4v) is 2.95. The molecule has 0 bridgehead atoms. The molecule has 0 saturated carbocycles. The van der Waals surface area contributed by atoms with E-state index in [4.69, 9.17) is 5.73 Å². The Morgan fingerprint density at radius 2 is 1.73 bits per heavy atom. The van der Waals surface area contributed by atoms with Crippen LogP contribution in [0.15, 0.2) is 48.5 Å². The van der Waals surface area contributed by atoms with E-state index in [1.54, 1.807) is 36.4 Å². The number of amides is 2. The predicted molar refractivity (Wildman–Crippen MR) is 103 cm³/mol. The molecule has 1 heterocycles. The van der Waals surface area contributed by atoms with E-state index in [1.165, 1.54) is 0 Å². The minimum atomic E-state index is -0.126. The number of carbonyl (C=O) groups excluding carboxylic acids is 2. The Morgan fingerprint density at radius 3 is 2.42 bits per heavy atom. The smallest absolute Gasteiger partial charge is 0.254 e. The number of nitrogens with one attached hydrogen (secondary N) is 1. The Kier molecular flexibility index (Phi) is 5.53. The molecule has 3 N–H and O–H groups in total. The van der Waals surface area contributed by atoms with Gasteiger partial charge in [-0.25, -0.2) is 0 Å². The van der Waals surface area contributed by atoms with Gasteiger partial charge in [-0.15, -0.1) is 0 Å². The predicted octanol–water partition coefficient (Wildman–Crippen LogP) is 1.84. The molecule has 2 aromatic carbocycles. The number of piperazine rings is 1. The first-order chi connectivity index (χ1) is 12.5. The van der Waals surface area contributed by atoms with Gasteiger partial charge < -0.3 is 20.9 Å². The number of carbonyl (C=O) groups is 2. The molecule has 2 amide bonds. The number of likely N-dealkylation sites (N-methyl/N-ethyl adjacent to an activating group) is 1. The maximum absolute atomic E-state index is 12.7. The van der Waals surface area contributed by atoms with Crippen molar-refractivity contribution in [2.24, 2.45) is 0 Å². The highest BCUT2D eigenvalue weighted by Crippen LogP contribution is 2.15. The number of hydrogen-bond acceptors (Lipinski definition) is 4. The van der Waals surface area contributed by atoms with Crippen molar-refractivity contribution in [1.29, 1.82) is 0 Å². The SMILES string of the molecule is CN1CCN(C(=O)c2cccc(NC(=O)Cc3ccc(N)cc3)c2)CC1. The summed E-state index contributed by atoms with van der Waals surface area (Å²) in [5.74, 6) is -0.119. The number of benzene rings is 2. The fourth-order valence-electron chi connectivity index (χ4n) is 2.95. The van der Waals surface area contributed by atoms with Crippen LogP contribution in [0.5, 0.6) is 0 Å². The zero-order valence-corrected chi connectivity index (χ0v) is 14.9. The Labute approximate surface area is 153 Å². The van der Waals surface area contributed by atoms with E-state index in [2.05, 4.69) is 17.3 Å². The second-order valence-electron chi connectivity index (χ2n) is 6.64. The highest BCUT2D eigenvalue weighted by atomic mass is 16.2. The van der Waals surface area contributed by atoms with Crippen LogP contribution >= 0.6 is 0 Å². The number of nitrogen functional groups attached to an aromatic ring is 1. The van der Waals surface area contributed by atoms with Crippen molar-refractivity contribution in [2.75, 3.05) is 44.3 Å². The second-order valence-corrected chi connectivity index (χ2v) is 6.64. The van der Waals surface area contributed by atoms with Crippen LogP contribution in [0.4, 0.5) is 11.4 Å². The third kappa shape index (κ3) is 4.61. The highest BCUT2D eigenvalue weighted by Gasteiger charge is 2.20. The average molecular weight is 352 g/mol. The van der Waals surface area contributed by atoms with Gasteiger partial charge in [-0.1, -0.05) is 18.2 Å². The maximum Gasteiger partial charge on any atom is 0.254 e. The Balaban J connectivity index is 1.62. The van der Waals surface area contributed by atoms with E-state index >= 15 is 0 Å². The van der Waals surface area contributed by atoms with Gasteiger partial charge in [0.2, 0.25) is 5.91 Å². The molecule has 6 nitrogen and oxygen atoms in total. The molecular formula is C20H24N4O2. The van der Waals surface area contributed by atoms with Crippen LogP contribution in [0.3, 0.4) is 0 Å². The van der Waals surface area contributed by atoms with Gasteiger partial charge in [0.05, 0.1) is 6.42 Å². The van der Waals surface area contributed by atoms with Crippen LogP contribution in [-0.4, -0.2) is 54.8 Å². The molecule has 6 heteroatoms. The van der Waals surface area contributed by atoms with Gasteiger partial charge in [0.15, 0.2) is 0 Å². The summed E-state index contributed by atoms with van der Waals surface area (Å²) in [5.41, 5.74) is 8.44. The third-order valence-electron chi connectivity index (χ3n) is 4.53. The number of hydrogen-bond donors (Lipinski definition) is 2. The summed E-state index contributed by atoms with van der Waals surface area (Å²) in [7, 11) is 2.05. The van der Waals surface area contributed by atoms with Gasteiger partial charge >= 0.3 is 0 Å². The summed E-state index contributed by atoms with van der Waals surface area (Å²) in [5, 5.41) is 2.86. The Hall–Kier alpha value is -2.86. The molecule has 0 spiro atoms. The van der Waals surface area contributed by atoms with Crippen LogP contribution in [0.1, 0.15) is 15.9 Å². The molecule has 0 aromatic heterocycles. The van der Waals surface area contributed by atoms with Gasteiger partial charge in [-0.05, 0) is 42.9 Å². The lowest BCUT2D eigenvalue weighted by atomic mass is 10.1. The number of rotatable bonds is 4. The summed E-state index contributed by atoms with van der Waals surface area (Å²) < 4.78 is 0. The van der Waals surface area contributed by atoms with Gasteiger partial charge in [-0.3, -0.25) is 9.59 Å². The topological polar surface area (TPSA) is 78.7 Å². The maximum atomic E-state index is 12.7. The summed E-state index contributed by atoms with van der Waals surface area (Å²) in [6.07, 6.45) is 0.261. The summed E-state index contributed by atoms with van der Waals surface area (Å²) in [6, 6.07) is 14.3. The van der Waals surface area contributed by atoms with Crippen LogP contribution in [0.25, 0.3) is 0 Å². The number of nitrogens with zero attached hydrogens (tertiary/aromatic N) is 2. The number of anilines is 2. The van der Waals surface area contributed by atoms with Crippen LogP contribution in [0, 0.1) is 0 Å². The van der Waals surface area contributed by atoms with Crippen molar-refractivity contribution in [3.63, 3.8) is 0 Å². The third-order valence-corrected chi connectivity index (χ3v) is 4.53. The lowest BCUT2D eigenvalue weighted by Crippen LogP contribution is -2.47. The molecule has 1 aliphatic heterocycles. The first-order valence-electron chi connectivity index (χ1n) is 8.73. The standard InChI is InChI=1S/C20H24N4O2/c1-23-9-11-24(12-10-23)20(26)16-3-2-4-18(14-16)22-19(25)13-15-5-7-17(21)8-6-15/h2-8,14H,9-13,21H2,1H3,(H,22,25). The van der Waals surface area contributed by atoms with E-state index in [0.717, 1.165) is 31.7 Å². The van der Waals surface area contributed by atoms with E-state index in [-0.39, 0.29) is 18.2 Å². The molecular weight excluding hydrogens is 328 g/mol. The Morgan fingerprint density at radius 1 is 1.04 bits per heavy atom. The highest BCUT2D eigenvalue weighted by molar-refractivity contribution is 5.97. The lowest BCUT2D eigenvalue weighted by molar-refractivity contribution is -0.115. The van der Waals surface area contributed by atoms with Crippen molar-refractivity contribution >= 4 is 23.2 Å².